The van der Waals surface area contributed by atoms with Crippen LogP contribution in [0.4, 0.5) is 0 Å². The molecular formula is C27H39N5O7. The Morgan fingerprint density at radius 1 is 0.923 bits per heavy atom. The van der Waals surface area contributed by atoms with Crippen LogP contribution < -0.4 is 21.7 Å². The zero-order valence-electron chi connectivity index (χ0n) is 22.7. The number of aliphatic carboxylic acids is 2. The number of rotatable bonds is 15. The molecule has 214 valence electrons. The Balaban J connectivity index is 2.23. The van der Waals surface area contributed by atoms with Gasteiger partial charge in [0, 0.05) is 29.9 Å². The van der Waals surface area contributed by atoms with E-state index in [9.17, 15) is 34.2 Å². The number of H-pyrrole nitrogens is 1. The van der Waals surface area contributed by atoms with Gasteiger partial charge < -0.3 is 36.9 Å². The summed E-state index contributed by atoms with van der Waals surface area (Å²) in [5.74, 6) is -5.04. The number of amides is 3. The predicted octanol–water partition coefficient (Wildman–Crippen LogP) is 1.14. The summed E-state index contributed by atoms with van der Waals surface area (Å²) < 4.78 is 0. The quantitative estimate of drug-likeness (QED) is 0.172. The van der Waals surface area contributed by atoms with Gasteiger partial charge in [-0.25, -0.2) is 4.79 Å². The number of nitrogens with two attached hydrogens (primary N) is 1. The summed E-state index contributed by atoms with van der Waals surface area (Å²) in [6.45, 7) is 7.11. The van der Waals surface area contributed by atoms with Gasteiger partial charge in [-0.3, -0.25) is 19.2 Å². The first kappa shape index (κ1) is 31.3. The van der Waals surface area contributed by atoms with Crippen LogP contribution in [0.2, 0.25) is 0 Å². The number of carbonyl (C=O) groups is 5. The smallest absolute Gasteiger partial charge is 0.326 e. The van der Waals surface area contributed by atoms with Crippen molar-refractivity contribution in [1.29, 1.82) is 0 Å². The summed E-state index contributed by atoms with van der Waals surface area (Å²) in [6.07, 6.45) is 1.42. The molecule has 0 aliphatic rings. The second-order valence-electron chi connectivity index (χ2n) is 10.1. The number of carbonyl (C=O) groups excluding carboxylic acids is 3. The summed E-state index contributed by atoms with van der Waals surface area (Å²) in [7, 11) is 0. The van der Waals surface area contributed by atoms with Crippen molar-refractivity contribution in [2.45, 2.75) is 77.5 Å². The van der Waals surface area contributed by atoms with Crippen LogP contribution >= 0.6 is 0 Å². The Morgan fingerprint density at radius 2 is 1.56 bits per heavy atom. The van der Waals surface area contributed by atoms with Gasteiger partial charge in [-0.05, 0) is 29.9 Å². The monoisotopic (exact) mass is 545 g/mol. The fourth-order valence-electron chi connectivity index (χ4n) is 4.05. The van der Waals surface area contributed by atoms with Gasteiger partial charge in [-0.15, -0.1) is 0 Å². The lowest BCUT2D eigenvalue weighted by molar-refractivity contribution is -0.143. The second-order valence-corrected chi connectivity index (χ2v) is 10.1. The number of fused-ring (bicyclic) bond motifs is 1. The zero-order valence-corrected chi connectivity index (χ0v) is 22.7. The fraction of sp³-hybridized carbons (Fsp3) is 0.519. The summed E-state index contributed by atoms with van der Waals surface area (Å²) in [5.41, 5.74) is 7.40. The van der Waals surface area contributed by atoms with Gasteiger partial charge in [-0.1, -0.05) is 52.3 Å². The average molecular weight is 546 g/mol. The first-order valence-corrected chi connectivity index (χ1v) is 13.0. The van der Waals surface area contributed by atoms with Crippen molar-refractivity contribution < 1.29 is 34.2 Å². The van der Waals surface area contributed by atoms with E-state index in [4.69, 9.17) is 5.73 Å². The minimum Gasteiger partial charge on any atom is -0.481 e. The van der Waals surface area contributed by atoms with Crippen molar-refractivity contribution in [3.05, 3.63) is 36.0 Å². The minimum atomic E-state index is -1.35. The maximum absolute atomic E-state index is 13.2. The van der Waals surface area contributed by atoms with Gasteiger partial charge in [0.1, 0.15) is 18.1 Å². The van der Waals surface area contributed by atoms with Crippen LogP contribution in [0, 0.1) is 11.8 Å². The number of nitrogens with one attached hydrogen (secondary N) is 4. The molecule has 8 N–H and O–H groups in total. The topological polar surface area (TPSA) is 204 Å². The molecule has 2 rings (SSSR count). The van der Waals surface area contributed by atoms with Crippen molar-refractivity contribution in [1.82, 2.24) is 20.9 Å². The van der Waals surface area contributed by atoms with Crippen LogP contribution in [0.15, 0.2) is 30.5 Å². The van der Waals surface area contributed by atoms with Crippen LogP contribution in [0.3, 0.4) is 0 Å². The normalized spacial score (nSPS) is 15.1. The number of carboxylic acid groups (broad SMARTS) is 2. The molecule has 5 unspecified atom stereocenters. The maximum atomic E-state index is 13.2. The Morgan fingerprint density at radius 3 is 2.15 bits per heavy atom. The highest BCUT2D eigenvalue weighted by Gasteiger charge is 2.33. The number of hydrogen-bond acceptors (Lipinski definition) is 6. The largest absolute Gasteiger partial charge is 0.481 e. The lowest BCUT2D eigenvalue weighted by Crippen LogP contribution is -2.59. The van der Waals surface area contributed by atoms with Gasteiger partial charge in [-0.2, -0.15) is 0 Å². The van der Waals surface area contributed by atoms with E-state index in [1.807, 2.05) is 31.2 Å². The molecule has 1 heterocycles. The molecule has 12 nitrogen and oxygen atoms in total. The SMILES string of the molecule is CCC(C)C(NC(=O)C(N)C(C)C)C(=O)NC(CCC(=O)O)C(=O)NC(Cc1c[nH]c2ccccc12)C(=O)O. The van der Waals surface area contributed by atoms with Crippen LogP contribution in [-0.2, 0) is 30.4 Å². The molecule has 0 fully saturated rings. The zero-order chi connectivity index (χ0) is 29.3. The Hall–Kier alpha value is -3.93. The molecule has 1 aromatic heterocycles. The number of hydrogen-bond donors (Lipinski definition) is 7. The first-order valence-electron chi connectivity index (χ1n) is 13.0. The van der Waals surface area contributed by atoms with Crippen LogP contribution in [-0.4, -0.2) is 69.0 Å². The number of carboxylic acids is 2. The number of aromatic nitrogens is 1. The molecule has 0 aliphatic heterocycles. The van der Waals surface area contributed by atoms with E-state index in [0.29, 0.717) is 12.0 Å². The van der Waals surface area contributed by atoms with Gasteiger partial charge >= 0.3 is 11.9 Å². The molecular weight excluding hydrogens is 506 g/mol. The third-order valence-corrected chi connectivity index (χ3v) is 6.81. The van der Waals surface area contributed by atoms with E-state index in [2.05, 4.69) is 20.9 Å². The molecule has 1 aromatic carbocycles. The molecule has 0 aliphatic carbocycles. The Kier molecular flexibility index (Phi) is 11.5. The minimum absolute atomic E-state index is 0.0384. The van der Waals surface area contributed by atoms with E-state index in [1.54, 1.807) is 27.0 Å². The van der Waals surface area contributed by atoms with Crippen LogP contribution in [0.25, 0.3) is 10.9 Å². The van der Waals surface area contributed by atoms with Crippen LogP contribution in [0.5, 0.6) is 0 Å². The average Bonchev–Trinajstić information content (AvgIpc) is 3.30. The van der Waals surface area contributed by atoms with Crippen molar-refractivity contribution >= 4 is 40.6 Å². The standard InChI is InChI=1S/C27H39N5O7/c1-5-15(4)23(32-25(36)22(28)14(2)3)26(37)30-19(10-11-21(33)34)24(35)31-20(27(38)39)12-16-13-29-18-9-7-6-8-17(16)18/h6-9,13-15,19-20,22-23,29H,5,10-12,28H2,1-4H3,(H,30,37)(H,31,35)(H,32,36)(H,33,34)(H,38,39). The lowest BCUT2D eigenvalue weighted by Gasteiger charge is -2.28. The highest BCUT2D eigenvalue weighted by Crippen LogP contribution is 2.19. The molecule has 12 heteroatoms. The molecule has 2 aromatic rings. The highest BCUT2D eigenvalue weighted by molar-refractivity contribution is 5.94. The van der Waals surface area contributed by atoms with E-state index in [0.717, 1.165) is 10.9 Å². The van der Waals surface area contributed by atoms with E-state index < -0.39 is 60.2 Å². The number of benzene rings is 1. The predicted molar refractivity (Wildman–Crippen MR) is 145 cm³/mol. The van der Waals surface area contributed by atoms with Gasteiger partial charge in [0.25, 0.3) is 0 Å². The van der Waals surface area contributed by atoms with E-state index in [-0.39, 0.29) is 24.7 Å². The third-order valence-electron chi connectivity index (χ3n) is 6.81. The van der Waals surface area contributed by atoms with Crippen molar-refractivity contribution in [2.75, 3.05) is 0 Å². The number of aromatic amines is 1. The summed E-state index contributed by atoms with van der Waals surface area (Å²) >= 11 is 0. The Labute approximate surface area is 227 Å². The number of para-hydroxylation sites is 1. The fourth-order valence-corrected chi connectivity index (χ4v) is 4.05. The molecule has 0 saturated heterocycles. The third kappa shape index (κ3) is 8.81. The van der Waals surface area contributed by atoms with Crippen molar-refractivity contribution in [3.63, 3.8) is 0 Å². The summed E-state index contributed by atoms with van der Waals surface area (Å²) in [4.78, 5) is 65.3. The van der Waals surface area contributed by atoms with Crippen LogP contribution in [0.1, 0.15) is 52.5 Å². The van der Waals surface area contributed by atoms with Gasteiger partial charge in [0.15, 0.2) is 0 Å². The maximum Gasteiger partial charge on any atom is 0.326 e. The van der Waals surface area contributed by atoms with Crippen molar-refractivity contribution in [3.8, 4) is 0 Å². The molecule has 39 heavy (non-hydrogen) atoms. The molecule has 0 bridgehead atoms. The summed E-state index contributed by atoms with van der Waals surface area (Å²) in [5, 5.41) is 27.4. The van der Waals surface area contributed by atoms with Gasteiger partial charge in [0.05, 0.1) is 6.04 Å². The Bertz CT molecular complexity index is 1180. The van der Waals surface area contributed by atoms with Gasteiger partial charge in [0.2, 0.25) is 17.7 Å². The van der Waals surface area contributed by atoms with E-state index in [1.165, 1.54) is 0 Å². The molecule has 0 radical (unpaired) electrons. The molecule has 0 saturated carbocycles. The van der Waals surface area contributed by atoms with Crippen molar-refractivity contribution in [2.24, 2.45) is 17.6 Å². The lowest BCUT2D eigenvalue weighted by atomic mass is 9.96. The van der Waals surface area contributed by atoms with E-state index >= 15 is 0 Å². The highest BCUT2D eigenvalue weighted by atomic mass is 16.4. The molecule has 3 amide bonds. The molecule has 5 atom stereocenters. The summed E-state index contributed by atoms with van der Waals surface area (Å²) in [6, 6.07) is 2.74. The second kappa shape index (κ2) is 14.3. The first-order chi connectivity index (χ1) is 18.3. The molecule has 0 spiro atoms.